The minimum atomic E-state index is -0.559. The van der Waals surface area contributed by atoms with Gasteiger partial charge in [0.05, 0.1) is 11.1 Å². The van der Waals surface area contributed by atoms with Gasteiger partial charge in [-0.2, -0.15) is 0 Å². The molecule has 2 aliphatic rings. The van der Waals surface area contributed by atoms with E-state index in [9.17, 15) is 14.0 Å². The Morgan fingerprint density at radius 1 is 1.16 bits per heavy atom. The molecule has 1 aromatic heterocycles. The van der Waals surface area contributed by atoms with Gasteiger partial charge >= 0.3 is 0 Å². The monoisotopic (exact) mass is 456 g/mol. The van der Waals surface area contributed by atoms with E-state index in [1.54, 1.807) is 12.1 Å². The van der Waals surface area contributed by atoms with Crippen molar-refractivity contribution in [1.29, 1.82) is 0 Å². The molecular weight excluding hydrogens is 423 g/mol. The molecule has 0 radical (unpaired) electrons. The topological polar surface area (TPSA) is 49.4 Å². The van der Waals surface area contributed by atoms with E-state index in [1.807, 2.05) is 4.90 Å². The van der Waals surface area contributed by atoms with Gasteiger partial charge in [0.15, 0.2) is 0 Å². The van der Waals surface area contributed by atoms with Crippen LogP contribution in [0.4, 0.5) is 9.39 Å². The van der Waals surface area contributed by atoms with Gasteiger partial charge < -0.3 is 10.2 Å². The zero-order valence-corrected chi connectivity index (χ0v) is 20.3. The lowest BCUT2D eigenvalue weighted by molar-refractivity contribution is 0.0635. The van der Waals surface area contributed by atoms with Gasteiger partial charge in [-0.25, -0.2) is 4.39 Å². The summed E-state index contributed by atoms with van der Waals surface area (Å²) in [5.74, 6) is -0.528. The average Bonchev–Trinajstić information content (AvgIpc) is 3.10. The molecule has 1 aromatic carbocycles. The van der Waals surface area contributed by atoms with Crippen molar-refractivity contribution in [2.75, 3.05) is 11.9 Å². The quantitative estimate of drug-likeness (QED) is 0.589. The molecule has 32 heavy (non-hydrogen) atoms. The summed E-state index contributed by atoms with van der Waals surface area (Å²) in [5.41, 5.74) is 1.90. The highest BCUT2D eigenvalue weighted by Crippen LogP contribution is 2.45. The number of piperidine rings is 1. The molecule has 172 valence electrons. The Kier molecular flexibility index (Phi) is 6.44. The lowest BCUT2D eigenvalue weighted by atomic mass is 9.72. The van der Waals surface area contributed by atoms with Gasteiger partial charge in [0.25, 0.3) is 11.8 Å². The van der Waals surface area contributed by atoms with Gasteiger partial charge in [-0.05, 0) is 74.5 Å². The van der Waals surface area contributed by atoms with Gasteiger partial charge in [-0.3, -0.25) is 9.59 Å². The molecule has 2 heterocycles. The molecule has 0 bridgehead atoms. The number of thiophene rings is 1. The molecule has 6 heteroatoms. The van der Waals surface area contributed by atoms with E-state index in [0.29, 0.717) is 16.5 Å². The van der Waals surface area contributed by atoms with E-state index in [-0.39, 0.29) is 22.9 Å². The Balaban J connectivity index is 1.71. The van der Waals surface area contributed by atoms with E-state index in [1.165, 1.54) is 28.3 Å². The molecule has 1 aliphatic heterocycles. The van der Waals surface area contributed by atoms with Gasteiger partial charge in [0, 0.05) is 17.5 Å². The number of hydrogen-bond acceptors (Lipinski definition) is 3. The molecule has 1 saturated heterocycles. The Morgan fingerprint density at radius 2 is 1.91 bits per heavy atom. The number of nitrogens with one attached hydrogen (secondary N) is 1. The van der Waals surface area contributed by atoms with Crippen molar-refractivity contribution in [3.8, 4) is 0 Å². The maximum absolute atomic E-state index is 14.2. The molecule has 0 spiro atoms. The number of carbonyl (C=O) groups excluding carboxylic acids is 2. The molecule has 2 aromatic rings. The van der Waals surface area contributed by atoms with Gasteiger partial charge in [-0.1, -0.05) is 32.9 Å². The summed E-state index contributed by atoms with van der Waals surface area (Å²) in [7, 11) is 0. The Bertz CT molecular complexity index is 1020. The van der Waals surface area contributed by atoms with Gasteiger partial charge in [-0.15, -0.1) is 11.3 Å². The van der Waals surface area contributed by atoms with E-state index >= 15 is 0 Å². The minimum Gasteiger partial charge on any atom is -0.336 e. The Labute approximate surface area is 194 Å². The largest absolute Gasteiger partial charge is 0.336 e. The highest BCUT2D eigenvalue weighted by Gasteiger charge is 2.36. The lowest BCUT2D eigenvalue weighted by Gasteiger charge is -2.35. The van der Waals surface area contributed by atoms with Crippen LogP contribution in [0.3, 0.4) is 0 Å². The number of likely N-dealkylation sites (tertiary alicyclic amines) is 1. The van der Waals surface area contributed by atoms with Crippen LogP contribution in [0.1, 0.15) is 84.5 Å². The number of carbonyl (C=O) groups is 2. The molecule has 0 saturated carbocycles. The molecule has 2 atom stereocenters. The normalized spacial score (nSPS) is 21.2. The van der Waals surface area contributed by atoms with Crippen LogP contribution in [-0.2, 0) is 12.8 Å². The first-order chi connectivity index (χ1) is 15.2. The molecule has 2 amide bonds. The first-order valence-corrected chi connectivity index (χ1v) is 12.5. The number of anilines is 1. The first-order valence-electron chi connectivity index (χ1n) is 11.7. The van der Waals surface area contributed by atoms with Crippen LogP contribution in [0.15, 0.2) is 24.3 Å². The van der Waals surface area contributed by atoms with Crippen LogP contribution in [0.2, 0.25) is 0 Å². The highest BCUT2D eigenvalue weighted by atomic mass is 32.1. The first kappa shape index (κ1) is 23.0. The number of rotatable bonds is 3. The summed E-state index contributed by atoms with van der Waals surface area (Å²) in [4.78, 5) is 29.8. The van der Waals surface area contributed by atoms with Gasteiger partial charge in [0.1, 0.15) is 10.8 Å². The summed E-state index contributed by atoms with van der Waals surface area (Å²) in [6.07, 6.45) is 5.93. The summed E-state index contributed by atoms with van der Waals surface area (Å²) in [6.45, 7) is 9.63. The second kappa shape index (κ2) is 8.97. The van der Waals surface area contributed by atoms with Crippen LogP contribution in [0.25, 0.3) is 0 Å². The number of benzene rings is 1. The van der Waals surface area contributed by atoms with E-state index in [2.05, 4.69) is 33.0 Å². The number of nitrogens with zero attached hydrogens (tertiary/aromatic N) is 1. The third-order valence-electron chi connectivity index (χ3n) is 7.11. The third kappa shape index (κ3) is 4.47. The second-order valence-electron chi connectivity index (χ2n) is 10.3. The SMILES string of the molecule is C[C@@H]1CCCCN1C(=O)c1c(NC(=O)c2ccccc2F)sc2c1CC[C@@H](C(C)(C)C)C2. The molecule has 0 unspecified atom stereocenters. The number of amides is 2. The van der Waals surface area contributed by atoms with Crippen LogP contribution in [0, 0.1) is 17.2 Å². The molecule has 1 fully saturated rings. The number of hydrogen-bond donors (Lipinski definition) is 1. The summed E-state index contributed by atoms with van der Waals surface area (Å²) in [5, 5.41) is 3.48. The zero-order chi connectivity index (χ0) is 23.0. The van der Waals surface area contributed by atoms with Crippen molar-refractivity contribution in [2.45, 2.75) is 72.3 Å². The van der Waals surface area contributed by atoms with Crippen molar-refractivity contribution in [3.63, 3.8) is 0 Å². The van der Waals surface area contributed by atoms with Gasteiger partial charge in [0.2, 0.25) is 0 Å². The maximum atomic E-state index is 14.2. The van der Waals surface area contributed by atoms with Crippen molar-refractivity contribution < 1.29 is 14.0 Å². The lowest BCUT2D eigenvalue weighted by Crippen LogP contribution is -2.42. The standard InChI is InChI=1S/C26H33FN2O2S/c1-16-9-7-8-14-29(16)25(31)22-19-13-12-17(26(2,3)4)15-21(19)32-24(22)28-23(30)18-10-5-6-11-20(18)27/h5-6,10-11,16-17H,7-9,12-15H2,1-4H3,(H,28,30)/t16-,17-/m1/s1. The predicted octanol–water partition coefficient (Wildman–Crippen LogP) is 6.31. The molecule has 1 aliphatic carbocycles. The molecular formula is C26H33FN2O2S. The fourth-order valence-corrected chi connectivity index (χ4v) is 6.31. The maximum Gasteiger partial charge on any atom is 0.259 e. The van der Waals surface area contributed by atoms with Crippen LogP contribution >= 0.6 is 11.3 Å². The fraction of sp³-hybridized carbons (Fsp3) is 0.538. The smallest absolute Gasteiger partial charge is 0.259 e. The predicted molar refractivity (Wildman–Crippen MR) is 128 cm³/mol. The Morgan fingerprint density at radius 3 is 2.59 bits per heavy atom. The highest BCUT2D eigenvalue weighted by molar-refractivity contribution is 7.17. The van der Waals surface area contributed by atoms with E-state index in [4.69, 9.17) is 0 Å². The van der Waals surface area contributed by atoms with Crippen molar-refractivity contribution in [3.05, 3.63) is 51.7 Å². The molecule has 4 rings (SSSR count). The summed E-state index contributed by atoms with van der Waals surface area (Å²) < 4.78 is 14.2. The van der Waals surface area contributed by atoms with Crippen molar-refractivity contribution in [2.24, 2.45) is 11.3 Å². The fourth-order valence-electron chi connectivity index (χ4n) is 5.00. The minimum absolute atomic E-state index is 0.00354. The summed E-state index contributed by atoms with van der Waals surface area (Å²) in [6, 6.07) is 6.15. The van der Waals surface area contributed by atoms with Crippen LogP contribution in [0.5, 0.6) is 0 Å². The Hall–Kier alpha value is -2.21. The van der Waals surface area contributed by atoms with E-state index < -0.39 is 11.7 Å². The summed E-state index contributed by atoms with van der Waals surface area (Å²) >= 11 is 1.50. The molecule has 4 nitrogen and oxygen atoms in total. The third-order valence-corrected chi connectivity index (χ3v) is 8.28. The van der Waals surface area contributed by atoms with E-state index in [0.717, 1.165) is 50.6 Å². The average molecular weight is 457 g/mol. The van der Waals surface area contributed by atoms with Crippen LogP contribution < -0.4 is 5.32 Å². The molecule has 1 N–H and O–H groups in total. The number of halogens is 1. The van der Waals surface area contributed by atoms with Crippen LogP contribution in [-0.4, -0.2) is 29.3 Å². The zero-order valence-electron chi connectivity index (χ0n) is 19.5. The van der Waals surface area contributed by atoms with Crippen molar-refractivity contribution in [1.82, 2.24) is 4.90 Å². The number of fused-ring (bicyclic) bond motifs is 1. The second-order valence-corrected chi connectivity index (χ2v) is 11.4. The van der Waals surface area contributed by atoms with Crippen molar-refractivity contribution >= 4 is 28.2 Å².